The maximum absolute atomic E-state index is 12.5. The SMILES string of the molecule is C=c1[nH]n(-c2cccc(Cl)c2)c(=O)c1=CNNC(=O)Cc1ccccc1. The van der Waals surface area contributed by atoms with Crippen LogP contribution in [0.15, 0.2) is 59.4 Å². The molecule has 132 valence electrons. The summed E-state index contributed by atoms with van der Waals surface area (Å²) in [5.74, 6) is -0.219. The van der Waals surface area contributed by atoms with E-state index >= 15 is 0 Å². The van der Waals surface area contributed by atoms with Crippen LogP contribution in [-0.2, 0) is 11.2 Å². The monoisotopic (exact) mass is 368 g/mol. The molecule has 0 fully saturated rings. The van der Waals surface area contributed by atoms with Gasteiger partial charge in [-0.3, -0.25) is 20.1 Å². The highest BCUT2D eigenvalue weighted by Crippen LogP contribution is 2.11. The van der Waals surface area contributed by atoms with E-state index in [9.17, 15) is 9.59 Å². The van der Waals surface area contributed by atoms with E-state index in [1.54, 1.807) is 24.3 Å². The predicted octanol–water partition coefficient (Wildman–Crippen LogP) is 0.831. The molecule has 1 heterocycles. The van der Waals surface area contributed by atoms with Gasteiger partial charge in [-0.1, -0.05) is 54.6 Å². The maximum Gasteiger partial charge on any atom is 0.280 e. The van der Waals surface area contributed by atoms with Gasteiger partial charge in [0.15, 0.2) is 0 Å². The molecule has 3 rings (SSSR count). The van der Waals surface area contributed by atoms with Crippen molar-refractivity contribution in [2.24, 2.45) is 0 Å². The highest BCUT2D eigenvalue weighted by atomic mass is 35.5. The number of carbonyl (C=O) groups is 1. The van der Waals surface area contributed by atoms with E-state index in [1.807, 2.05) is 30.3 Å². The average Bonchev–Trinajstić information content (AvgIpc) is 2.91. The maximum atomic E-state index is 12.5. The van der Waals surface area contributed by atoms with Crippen LogP contribution in [-0.4, -0.2) is 15.7 Å². The summed E-state index contributed by atoms with van der Waals surface area (Å²) in [6.45, 7) is 3.82. The average molecular weight is 369 g/mol. The van der Waals surface area contributed by atoms with Gasteiger partial charge in [-0.25, -0.2) is 4.68 Å². The second kappa shape index (κ2) is 7.76. The van der Waals surface area contributed by atoms with Crippen molar-refractivity contribution < 1.29 is 4.79 Å². The van der Waals surface area contributed by atoms with E-state index < -0.39 is 0 Å². The van der Waals surface area contributed by atoms with Gasteiger partial charge in [-0.05, 0) is 23.8 Å². The molecule has 7 heteroatoms. The smallest absolute Gasteiger partial charge is 0.280 e. The number of aromatic nitrogens is 2. The molecule has 1 aromatic heterocycles. The number of aromatic amines is 1. The van der Waals surface area contributed by atoms with E-state index in [0.29, 0.717) is 21.3 Å². The molecule has 0 unspecified atom stereocenters. The Kier molecular flexibility index (Phi) is 5.24. The van der Waals surface area contributed by atoms with Crippen molar-refractivity contribution in [3.05, 3.63) is 86.1 Å². The number of nitrogens with one attached hydrogen (secondary N) is 3. The van der Waals surface area contributed by atoms with Crippen LogP contribution in [0.4, 0.5) is 0 Å². The first-order valence-corrected chi connectivity index (χ1v) is 8.27. The third kappa shape index (κ3) is 4.04. The lowest BCUT2D eigenvalue weighted by molar-refractivity contribution is -0.121. The molecule has 0 spiro atoms. The lowest BCUT2D eigenvalue weighted by Crippen LogP contribution is -2.41. The lowest BCUT2D eigenvalue weighted by Gasteiger charge is -2.03. The number of hydrazine groups is 1. The molecule has 0 aliphatic carbocycles. The summed E-state index contributed by atoms with van der Waals surface area (Å²) < 4.78 is 1.34. The second-order valence-corrected chi connectivity index (χ2v) is 6.06. The topological polar surface area (TPSA) is 78.9 Å². The molecule has 0 bridgehead atoms. The van der Waals surface area contributed by atoms with Crippen molar-refractivity contribution in [1.82, 2.24) is 20.6 Å². The Morgan fingerprint density at radius 2 is 1.96 bits per heavy atom. The minimum atomic E-state index is -0.304. The van der Waals surface area contributed by atoms with Crippen molar-refractivity contribution in [2.75, 3.05) is 0 Å². The van der Waals surface area contributed by atoms with Gasteiger partial charge >= 0.3 is 0 Å². The number of benzene rings is 2. The first-order chi connectivity index (χ1) is 12.5. The van der Waals surface area contributed by atoms with Gasteiger partial charge in [0.25, 0.3) is 5.56 Å². The highest BCUT2D eigenvalue weighted by molar-refractivity contribution is 6.30. The molecule has 0 saturated carbocycles. The molecule has 3 N–H and O–H groups in total. The normalized spacial score (nSPS) is 11.3. The third-order valence-electron chi connectivity index (χ3n) is 3.71. The first kappa shape index (κ1) is 17.6. The Hall–Kier alpha value is -3.25. The fraction of sp³-hybridized carbons (Fsp3) is 0.0526. The lowest BCUT2D eigenvalue weighted by atomic mass is 10.1. The zero-order chi connectivity index (χ0) is 18.5. The Labute approximate surface area is 154 Å². The van der Waals surface area contributed by atoms with Crippen molar-refractivity contribution in [3.63, 3.8) is 0 Å². The number of rotatable bonds is 5. The highest BCUT2D eigenvalue weighted by Gasteiger charge is 2.05. The Bertz CT molecular complexity index is 1090. The summed E-state index contributed by atoms with van der Waals surface area (Å²) in [7, 11) is 0. The van der Waals surface area contributed by atoms with Crippen LogP contribution in [0.25, 0.3) is 18.5 Å². The molecule has 0 saturated heterocycles. The summed E-state index contributed by atoms with van der Waals surface area (Å²) in [4.78, 5) is 24.5. The standard InChI is InChI=1S/C19H17ClN4O2/c1-13-17(12-21-22-18(25)10-14-6-3-2-4-7-14)19(26)24(23-13)16-9-5-8-15(20)11-16/h2-9,11-12,21,23H,1,10H2,(H,22,25). The van der Waals surface area contributed by atoms with Gasteiger partial charge in [-0.15, -0.1) is 0 Å². The van der Waals surface area contributed by atoms with Crippen molar-refractivity contribution >= 4 is 30.3 Å². The zero-order valence-electron chi connectivity index (χ0n) is 13.8. The van der Waals surface area contributed by atoms with Gasteiger partial charge in [0.05, 0.1) is 22.7 Å². The van der Waals surface area contributed by atoms with Crippen LogP contribution in [0.3, 0.4) is 0 Å². The van der Waals surface area contributed by atoms with E-state index in [4.69, 9.17) is 11.6 Å². The minimum Gasteiger partial charge on any atom is -0.305 e. The third-order valence-corrected chi connectivity index (χ3v) is 3.94. The van der Waals surface area contributed by atoms with Crippen LogP contribution in [0.2, 0.25) is 5.02 Å². The number of H-pyrrole nitrogens is 1. The summed E-state index contributed by atoms with van der Waals surface area (Å²) in [6.07, 6.45) is 1.64. The molecule has 0 aliphatic heterocycles. The fourth-order valence-electron chi connectivity index (χ4n) is 2.46. The Morgan fingerprint density at radius 1 is 1.19 bits per heavy atom. The number of nitrogens with zero attached hydrogens (tertiary/aromatic N) is 1. The number of hydrogen-bond acceptors (Lipinski definition) is 3. The van der Waals surface area contributed by atoms with E-state index in [-0.39, 0.29) is 17.9 Å². The molecule has 2 aromatic carbocycles. The predicted molar refractivity (Wildman–Crippen MR) is 102 cm³/mol. The number of halogens is 1. The van der Waals surface area contributed by atoms with Gasteiger partial charge in [-0.2, -0.15) is 0 Å². The van der Waals surface area contributed by atoms with E-state index in [0.717, 1.165) is 5.56 Å². The molecule has 1 amide bonds. The van der Waals surface area contributed by atoms with Crippen molar-refractivity contribution in [1.29, 1.82) is 0 Å². The van der Waals surface area contributed by atoms with Crippen LogP contribution in [0.1, 0.15) is 5.56 Å². The molecule has 6 nitrogen and oxygen atoms in total. The van der Waals surface area contributed by atoms with Crippen LogP contribution in [0, 0.1) is 0 Å². The Balaban J connectivity index is 1.74. The van der Waals surface area contributed by atoms with Crippen LogP contribution >= 0.6 is 11.6 Å². The quantitative estimate of drug-likeness (QED) is 0.584. The minimum absolute atomic E-state index is 0.219. The van der Waals surface area contributed by atoms with E-state index in [1.165, 1.54) is 10.9 Å². The number of amides is 1. The summed E-state index contributed by atoms with van der Waals surface area (Å²) in [5, 5.41) is 4.13. The zero-order valence-corrected chi connectivity index (χ0v) is 14.6. The van der Waals surface area contributed by atoms with Crippen molar-refractivity contribution in [3.8, 4) is 5.69 Å². The molecule has 26 heavy (non-hydrogen) atoms. The largest absolute Gasteiger partial charge is 0.305 e. The summed E-state index contributed by atoms with van der Waals surface area (Å²) in [6, 6.07) is 16.3. The second-order valence-electron chi connectivity index (χ2n) is 5.62. The fourth-order valence-corrected chi connectivity index (χ4v) is 2.64. The molecular formula is C19H17ClN4O2. The molecular weight excluding hydrogens is 352 g/mol. The van der Waals surface area contributed by atoms with Gasteiger partial charge in [0, 0.05) is 11.2 Å². The molecule has 3 aromatic rings. The van der Waals surface area contributed by atoms with Gasteiger partial charge in [0.1, 0.15) is 0 Å². The molecule has 0 radical (unpaired) electrons. The number of carbonyl (C=O) groups excluding carboxylic acids is 1. The first-order valence-electron chi connectivity index (χ1n) is 7.89. The van der Waals surface area contributed by atoms with Crippen molar-refractivity contribution in [2.45, 2.75) is 6.42 Å². The van der Waals surface area contributed by atoms with E-state index in [2.05, 4.69) is 22.5 Å². The van der Waals surface area contributed by atoms with Crippen LogP contribution < -0.4 is 27.0 Å². The number of hydrogen-bond donors (Lipinski definition) is 3. The Morgan fingerprint density at radius 3 is 2.69 bits per heavy atom. The summed E-state index contributed by atoms with van der Waals surface area (Å²) >= 11 is 5.97. The van der Waals surface area contributed by atoms with Gasteiger partial charge < -0.3 is 5.43 Å². The molecule has 0 atom stereocenters. The van der Waals surface area contributed by atoms with Crippen LogP contribution in [0.5, 0.6) is 0 Å². The molecule has 0 aliphatic rings. The van der Waals surface area contributed by atoms with Gasteiger partial charge in [0.2, 0.25) is 5.91 Å². The summed E-state index contributed by atoms with van der Waals surface area (Å²) in [5.41, 5.74) is 6.38.